The molecule has 1 saturated heterocycles. The fourth-order valence-electron chi connectivity index (χ4n) is 4.37. The van der Waals surface area contributed by atoms with Gasteiger partial charge < -0.3 is 14.8 Å². The van der Waals surface area contributed by atoms with E-state index in [-0.39, 0.29) is 5.91 Å². The molecule has 176 valence electrons. The lowest BCUT2D eigenvalue weighted by atomic mass is 10.0. The van der Waals surface area contributed by atoms with Crippen LogP contribution in [0.2, 0.25) is 0 Å². The van der Waals surface area contributed by atoms with Gasteiger partial charge in [-0.05, 0) is 37.6 Å². The summed E-state index contributed by atoms with van der Waals surface area (Å²) in [6, 6.07) is 14.3. The summed E-state index contributed by atoms with van der Waals surface area (Å²) < 4.78 is 12.2. The highest BCUT2D eigenvalue weighted by Gasteiger charge is 2.22. The molecule has 5 rings (SSSR count). The predicted octanol–water partition coefficient (Wildman–Crippen LogP) is 4.89. The Balaban J connectivity index is 1.54. The number of hydrogen-bond donors (Lipinski definition) is 1. The van der Waals surface area contributed by atoms with Crippen molar-refractivity contribution in [2.24, 2.45) is 0 Å². The van der Waals surface area contributed by atoms with Crippen molar-refractivity contribution in [1.29, 1.82) is 0 Å². The number of nitrogens with zero attached hydrogens (tertiary/aromatic N) is 2. The number of carbonyl (C=O) groups is 1. The number of fused-ring (bicyclic) bond motifs is 3. The van der Waals surface area contributed by atoms with Crippen LogP contribution in [0.25, 0.3) is 32.1 Å². The number of pyridine rings is 1. The van der Waals surface area contributed by atoms with E-state index in [0.29, 0.717) is 13.2 Å². The number of ether oxygens (including phenoxy) is 2. The Bertz CT molecular complexity index is 1310. The van der Waals surface area contributed by atoms with E-state index in [1.54, 1.807) is 0 Å². The van der Waals surface area contributed by atoms with Crippen molar-refractivity contribution in [1.82, 2.24) is 15.2 Å². The molecule has 3 heterocycles. The molecule has 0 unspecified atom stereocenters. The number of aryl methyl sites for hydroxylation is 1. The number of hydrogen-bond acceptors (Lipinski definition) is 6. The minimum Gasteiger partial charge on any atom is -0.494 e. The first kappa shape index (κ1) is 22.8. The molecule has 1 aliphatic heterocycles. The number of rotatable bonds is 7. The van der Waals surface area contributed by atoms with Gasteiger partial charge in [0.25, 0.3) is 5.91 Å². The van der Waals surface area contributed by atoms with E-state index in [9.17, 15) is 4.79 Å². The highest BCUT2D eigenvalue weighted by molar-refractivity contribution is 7.22. The number of amides is 1. The lowest BCUT2D eigenvalue weighted by molar-refractivity contribution is 0.0383. The molecule has 6 nitrogen and oxygen atoms in total. The summed E-state index contributed by atoms with van der Waals surface area (Å²) in [4.78, 5) is 21.2. The van der Waals surface area contributed by atoms with Gasteiger partial charge in [-0.1, -0.05) is 29.8 Å². The van der Waals surface area contributed by atoms with Crippen molar-refractivity contribution < 1.29 is 14.3 Å². The normalized spacial score (nSPS) is 14.5. The predicted molar refractivity (Wildman–Crippen MR) is 138 cm³/mol. The minimum atomic E-state index is -0.0425. The van der Waals surface area contributed by atoms with Crippen molar-refractivity contribution >= 4 is 38.2 Å². The van der Waals surface area contributed by atoms with Gasteiger partial charge >= 0.3 is 0 Å². The van der Waals surface area contributed by atoms with Crippen molar-refractivity contribution in [3.63, 3.8) is 0 Å². The van der Waals surface area contributed by atoms with Gasteiger partial charge in [0.2, 0.25) is 0 Å². The molecule has 0 atom stereocenters. The molecule has 2 aromatic heterocycles. The van der Waals surface area contributed by atoms with Crippen LogP contribution in [0.5, 0.6) is 5.75 Å². The molecule has 1 fully saturated rings. The van der Waals surface area contributed by atoms with E-state index in [2.05, 4.69) is 41.4 Å². The molecule has 4 aromatic rings. The van der Waals surface area contributed by atoms with Crippen molar-refractivity contribution in [2.75, 3.05) is 46.0 Å². The maximum absolute atomic E-state index is 13.4. The third kappa shape index (κ3) is 4.64. The van der Waals surface area contributed by atoms with E-state index in [4.69, 9.17) is 14.5 Å². The Kier molecular flexibility index (Phi) is 6.76. The molecule has 1 amide bonds. The summed E-state index contributed by atoms with van der Waals surface area (Å²) in [6.45, 7) is 9.40. The monoisotopic (exact) mass is 475 g/mol. The Morgan fingerprint density at radius 1 is 1.15 bits per heavy atom. The standard InChI is InChI=1S/C27H29N3O3S/c1-3-33-20-8-9-23-21(16-20)25-22(17-29-23)24(19-6-4-18(2)5-7-19)26(34-25)27(31)28-10-11-30-12-14-32-15-13-30/h4-9,16-17H,3,10-15H2,1-2H3,(H,28,31). The number of morpholine rings is 1. The summed E-state index contributed by atoms with van der Waals surface area (Å²) in [7, 11) is 0. The van der Waals surface area contributed by atoms with E-state index in [1.807, 2.05) is 31.3 Å². The highest BCUT2D eigenvalue weighted by Crippen LogP contribution is 2.42. The summed E-state index contributed by atoms with van der Waals surface area (Å²) in [5.41, 5.74) is 4.05. The first-order valence-corrected chi connectivity index (χ1v) is 12.6. The second-order valence-electron chi connectivity index (χ2n) is 8.50. The Labute approximate surface area is 203 Å². The number of aromatic nitrogens is 1. The Hall–Kier alpha value is -3.00. The molecule has 0 aliphatic carbocycles. The van der Waals surface area contributed by atoms with Gasteiger partial charge in [-0.2, -0.15) is 0 Å². The average molecular weight is 476 g/mol. The largest absolute Gasteiger partial charge is 0.494 e. The molecule has 0 saturated carbocycles. The molecule has 2 aromatic carbocycles. The summed E-state index contributed by atoms with van der Waals surface area (Å²) in [6.07, 6.45) is 1.90. The fraction of sp³-hybridized carbons (Fsp3) is 0.333. The van der Waals surface area contributed by atoms with Crippen molar-refractivity contribution in [3.8, 4) is 16.9 Å². The smallest absolute Gasteiger partial charge is 0.262 e. The van der Waals surface area contributed by atoms with Gasteiger partial charge in [0.15, 0.2) is 0 Å². The zero-order valence-electron chi connectivity index (χ0n) is 19.6. The van der Waals surface area contributed by atoms with Crippen molar-refractivity contribution in [2.45, 2.75) is 13.8 Å². The van der Waals surface area contributed by atoms with Gasteiger partial charge in [0.1, 0.15) is 10.6 Å². The number of thiophene rings is 1. The molecule has 0 bridgehead atoms. The van der Waals surface area contributed by atoms with Crippen LogP contribution in [0.4, 0.5) is 0 Å². The van der Waals surface area contributed by atoms with Gasteiger partial charge in [-0.15, -0.1) is 11.3 Å². The number of carbonyl (C=O) groups excluding carboxylic acids is 1. The van der Waals surface area contributed by atoms with Crippen LogP contribution in [0.15, 0.2) is 48.7 Å². The van der Waals surface area contributed by atoms with Crippen LogP contribution in [0.1, 0.15) is 22.2 Å². The van der Waals surface area contributed by atoms with Gasteiger partial charge in [-0.25, -0.2) is 0 Å². The molecule has 1 aliphatic rings. The highest BCUT2D eigenvalue weighted by atomic mass is 32.1. The fourth-order valence-corrected chi connectivity index (χ4v) is 5.60. The first-order valence-electron chi connectivity index (χ1n) is 11.8. The van der Waals surface area contributed by atoms with E-state index < -0.39 is 0 Å². The second-order valence-corrected chi connectivity index (χ2v) is 9.52. The summed E-state index contributed by atoms with van der Waals surface area (Å²) >= 11 is 1.53. The van der Waals surface area contributed by atoms with Crippen LogP contribution >= 0.6 is 11.3 Å². The van der Waals surface area contributed by atoms with Crippen LogP contribution in [0.3, 0.4) is 0 Å². The average Bonchev–Trinajstić information content (AvgIpc) is 3.26. The second kappa shape index (κ2) is 10.1. The van der Waals surface area contributed by atoms with E-state index in [0.717, 1.165) is 75.6 Å². The molecule has 34 heavy (non-hydrogen) atoms. The van der Waals surface area contributed by atoms with Crippen molar-refractivity contribution in [3.05, 3.63) is 59.1 Å². The third-order valence-electron chi connectivity index (χ3n) is 6.17. The Morgan fingerprint density at radius 2 is 1.94 bits per heavy atom. The SMILES string of the molecule is CCOc1ccc2ncc3c(-c4ccc(C)cc4)c(C(=O)NCCN4CCOCC4)sc3c2c1. The summed E-state index contributed by atoms with van der Waals surface area (Å²) in [5.74, 6) is 0.769. The van der Waals surface area contributed by atoms with Gasteiger partial charge in [0.05, 0.1) is 25.3 Å². The number of nitrogens with one attached hydrogen (secondary N) is 1. The quantitative estimate of drug-likeness (QED) is 0.413. The zero-order chi connectivity index (χ0) is 23.5. The van der Waals surface area contributed by atoms with Gasteiger partial charge in [0, 0.05) is 53.4 Å². The minimum absolute atomic E-state index is 0.0425. The van der Waals surface area contributed by atoms with Crippen LogP contribution in [0, 0.1) is 6.92 Å². The maximum Gasteiger partial charge on any atom is 0.262 e. The molecular weight excluding hydrogens is 446 g/mol. The lowest BCUT2D eigenvalue weighted by Gasteiger charge is -2.26. The summed E-state index contributed by atoms with van der Waals surface area (Å²) in [5, 5.41) is 5.15. The molecule has 0 spiro atoms. The lowest BCUT2D eigenvalue weighted by Crippen LogP contribution is -2.41. The molecule has 7 heteroatoms. The van der Waals surface area contributed by atoms with Crippen LogP contribution < -0.4 is 10.1 Å². The van der Waals surface area contributed by atoms with Gasteiger partial charge in [-0.3, -0.25) is 14.7 Å². The van der Waals surface area contributed by atoms with Crippen LogP contribution in [-0.4, -0.2) is 61.8 Å². The Morgan fingerprint density at radius 3 is 2.71 bits per heavy atom. The zero-order valence-corrected chi connectivity index (χ0v) is 20.4. The van der Waals surface area contributed by atoms with E-state index >= 15 is 0 Å². The first-order chi connectivity index (χ1) is 16.6. The topological polar surface area (TPSA) is 63.7 Å². The van der Waals surface area contributed by atoms with E-state index in [1.165, 1.54) is 16.9 Å². The number of benzene rings is 2. The maximum atomic E-state index is 13.4. The molecular formula is C27H29N3O3S. The molecule has 0 radical (unpaired) electrons. The third-order valence-corrected chi connectivity index (χ3v) is 7.40. The molecule has 1 N–H and O–H groups in total. The van der Waals surface area contributed by atoms with Crippen LogP contribution in [-0.2, 0) is 4.74 Å².